The van der Waals surface area contributed by atoms with E-state index in [0.717, 1.165) is 0 Å². The van der Waals surface area contributed by atoms with Crippen molar-refractivity contribution >= 4 is 33.3 Å². The van der Waals surface area contributed by atoms with Gasteiger partial charge in [-0.25, -0.2) is 13.1 Å². The van der Waals surface area contributed by atoms with Crippen LogP contribution in [-0.4, -0.2) is 27.5 Å². The fourth-order valence-electron chi connectivity index (χ4n) is 1.41. The topological polar surface area (TPSA) is 96.6 Å². The second kappa shape index (κ2) is 4.52. The predicted octanol–water partition coefficient (Wildman–Crippen LogP) is 0.358. The summed E-state index contributed by atoms with van der Waals surface area (Å²) in [4.78, 5) is 4.08. The average molecular weight is 275 g/mol. The molecule has 0 unspecified atom stereocenters. The van der Waals surface area contributed by atoms with Gasteiger partial charge in [0.1, 0.15) is 4.90 Å². The summed E-state index contributed by atoms with van der Waals surface area (Å²) in [6.45, 7) is 0.689. The maximum absolute atomic E-state index is 11.9. The zero-order valence-electron chi connectivity index (χ0n) is 8.77. The SMILES string of the molecule is NCCN=C1Nc2ccc(Cl)cc2S(=O)(=O)N1. The Morgan fingerprint density at radius 2 is 2.18 bits per heavy atom. The molecule has 0 amide bonds. The van der Waals surface area contributed by atoms with Crippen LogP contribution in [0.15, 0.2) is 28.1 Å². The number of rotatable bonds is 2. The summed E-state index contributed by atoms with van der Waals surface area (Å²) < 4.78 is 26.1. The van der Waals surface area contributed by atoms with E-state index in [4.69, 9.17) is 17.3 Å². The molecule has 1 aromatic carbocycles. The molecule has 1 aromatic rings. The molecule has 0 fully saturated rings. The van der Waals surface area contributed by atoms with Crippen molar-refractivity contribution in [1.82, 2.24) is 4.72 Å². The van der Waals surface area contributed by atoms with Crippen LogP contribution in [0.5, 0.6) is 0 Å². The van der Waals surface area contributed by atoms with Gasteiger partial charge in [0.15, 0.2) is 0 Å². The molecule has 17 heavy (non-hydrogen) atoms. The number of nitrogens with zero attached hydrogens (tertiary/aromatic N) is 1. The maximum atomic E-state index is 11.9. The third-order valence-corrected chi connectivity index (χ3v) is 3.73. The van der Waals surface area contributed by atoms with E-state index in [-0.39, 0.29) is 10.9 Å². The van der Waals surface area contributed by atoms with E-state index in [1.807, 2.05) is 0 Å². The van der Waals surface area contributed by atoms with Crippen LogP contribution < -0.4 is 15.8 Å². The Morgan fingerprint density at radius 1 is 1.41 bits per heavy atom. The van der Waals surface area contributed by atoms with Crippen molar-refractivity contribution in [2.45, 2.75) is 4.90 Å². The Bertz CT molecular complexity index is 570. The Labute approximate surface area is 104 Å². The normalized spacial score (nSPS) is 19.3. The first kappa shape index (κ1) is 12.2. The second-order valence-corrected chi connectivity index (χ2v) is 5.48. The lowest BCUT2D eigenvalue weighted by Gasteiger charge is -2.21. The standard InChI is InChI=1S/C9H11ClN4O2S/c10-6-1-2-7-8(5-6)17(15,16)14-9(13-7)12-4-3-11/h1-2,5H,3-4,11H2,(H2,12,13,14). The van der Waals surface area contributed by atoms with Crippen LogP contribution in [0.2, 0.25) is 5.02 Å². The fraction of sp³-hybridized carbons (Fsp3) is 0.222. The molecule has 2 rings (SSSR count). The summed E-state index contributed by atoms with van der Waals surface area (Å²) >= 11 is 5.76. The lowest BCUT2D eigenvalue weighted by molar-refractivity contribution is 0.591. The fourth-order valence-corrected chi connectivity index (χ4v) is 2.81. The van der Waals surface area contributed by atoms with Crippen LogP contribution in [0.1, 0.15) is 0 Å². The summed E-state index contributed by atoms with van der Waals surface area (Å²) in [6, 6.07) is 4.58. The summed E-state index contributed by atoms with van der Waals surface area (Å²) in [7, 11) is -3.61. The number of sulfonamides is 1. The molecule has 0 radical (unpaired) electrons. The minimum absolute atomic E-state index is 0.108. The molecule has 0 saturated heterocycles. The monoisotopic (exact) mass is 274 g/mol. The van der Waals surface area contributed by atoms with E-state index in [0.29, 0.717) is 23.8 Å². The summed E-state index contributed by atoms with van der Waals surface area (Å²) in [5.74, 6) is 0.172. The van der Waals surface area contributed by atoms with E-state index < -0.39 is 10.0 Å². The molecule has 0 aliphatic carbocycles. The maximum Gasteiger partial charge on any atom is 0.266 e. The number of hydrogen-bond donors (Lipinski definition) is 3. The van der Waals surface area contributed by atoms with Gasteiger partial charge in [0.05, 0.1) is 12.2 Å². The van der Waals surface area contributed by atoms with Crippen molar-refractivity contribution < 1.29 is 8.42 Å². The molecule has 0 atom stereocenters. The highest BCUT2D eigenvalue weighted by Gasteiger charge is 2.26. The molecule has 0 saturated carbocycles. The minimum atomic E-state index is -3.61. The predicted molar refractivity (Wildman–Crippen MR) is 66.8 cm³/mol. The van der Waals surface area contributed by atoms with E-state index in [1.165, 1.54) is 6.07 Å². The molecular formula is C9H11ClN4O2S. The Hall–Kier alpha value is -1.31. The van der Waals surface area contributed by atoms with Crippen molar-refractivity contribution in [2.24, 2.45) is 10.7 Å². The first-order valence-corrected chi connectivity index (χ1v) is 6.73. The van der Waals surface area contributed by atoms with Crippen LogP contribution in [0, 0.1) is 0 Å². The van der Waals surface area contributed by atoms with Crippen LogP contribution >= 0.6 is 11.6 Å². The summed E-state index contributed by atoms with van der Waals surface area (Å²) in [6.07, 6.45) is 0. The number of benzene rings is 1. The second-order valence-electron chi connectivity index (χ2n) is 3.39. The van der Waals surface area contributed by atoms with Gasteiger partial charge in [-0.15, -0.1) is 0 Å². The Morgan fingerprint density at radius 3 is 2.88 bits per heavy atom. The van der Waals surface area contributed by atoms with Gasteiger partial charge in [0.25, 0.3) is 10.0 Å². The van der Waals surface area contributed by atoms with Crippen LogP contribution in [0.25, 0.3) is 0 Å². The summed E-state index contributed by atoms with van der Waals surface area (Å²) in [5.41, 5.74) is 5.75. The van der Waals surface area contributed by atoms with Gasteiger partial charge in [-0.05, 0) is 18.2 Å². The van der Waals surface area contributed by atoms with Crippen molar-refractivity contribution in [3.05, 3.63) is 23.2 Å². The van der Waals surface area contributed by atoms with Gasteiger partial charge < -0.3 is 11.1 Å². The van der Waals surface area contributed by atoms with Gasteiger partial charge in [0, 0.05) is 11.6 Å². The quantitative estimate of drug-likeness (QED) is 0.725. The first-order chi connectivity index (χ1) is 8.03. The van der Waals surface area contributed by atoms with Gasteiger partial charge in [-0.3, -0.25) is 4.99 Å². The molecule has 6 nitrogen and oxygen atoms in total. The first-order valence-electron chi connectivity index (χ1n) is 4.87. The van der Waals surface area contributed by atoms with E-state index in [9.17, 15) is 8.42 Å². The number of anilines is 1. The van der Waals surface area contributed by atoms with Crippen LogP contribution in [0.4, 0.5) is 5.69 Å². The van der Waals surface area contributed by atoms with Gasteiger partial charge >= 0.3 is 0 Å². The molecule has 0 aromatic heterocycles. The molecule has 1 aliphatic rings. The molecular weight excluding hydrogens is 264 g/mol. The lowest BCUT2D eigenvalue weighted by Crippen LogP contribution is -2.41. The number of halogens is 1. The highest BCUT2D eigenvalue weighted by atomic mass is 35.5. The molecule has 1 heterocycles. The van der Waals surface area contributed by atoms with E-state index in [2.05, 4.69) is 15.0 Å². The average Bonchev–Trinajstić information content (AvgIpc) is 2.27. The van der Waals surface area contributed by atoms with Gasteiger partial charge in [-0.2, -0.15) is 0 Å². The molecule has 92 valence electrons. The smallest absolute Gasteiger partial charge is 0.266 e. The largest absolute Gasteiger partial charge is 0.329 e. The number of guanidine groups is 1. The molecule has 0 bridgehead atoms. The number of fused-ring (bicyclic) bond motifs is 1. The zero-order valence-corrected chi connectivity index (χ0v) is 10.3. The number of nitrogens with two attached hydrogens (primary N) is 1. The Kier molecular flexibility index (Phi) is 3.23. The number of aliphatic imine (C=N–C) groups is 1. The van der Waals surface area contributed by atoms with Crippen molar-refractivity contribution in [2.75, 3.05) is 18.4 Å². The molecule has 4 N–H and O–H groups in total. The number of nitrogens with one attached hydrogen (secondary N) is 2. The molecule has 1 aliphatic heterocycles. The van der Waals surface area contributed by atoms with Crippen molar-refractivity contribution in [1.29, 1.82) is 0 Å². The van der Waals surface area contributed by atoms with Crippen LogP contribution in [-0.2, 0) is 10.0 Å². The number of hydrogen-bond acceptors (Lipinski definition) is 4. The van der Waals surface area contributed by atoms with E-state index >= 15 is 0 Å². The van der Waals surface area contributed by atoms with Crippen LogP contribution in [0.3, 0.4) is 0 Å². The zero-order chi connectivity index (χ0) is 12.5. The minimum Gasteiger partial charge on any atom is -0.329 e. The van der Waals surface area contributed by atoms with Gasteiger partial charge in [0.2, 0.25) is 5.96 Å². The Balaban J connectivity index is 2.45. The highest BCUT2D eigenvalue weighted by Crippen LogP contribution is 2.27. The van der Waals surface area contributed by atoms with E-state index in [1.54, 1.807) is 12.1 Å². The molecule has 0 spiro atoms. The van der Waals surface area contributed by atoms with Gasteiger partial charge in [-0.1, -0.05) is 11.6 Å². The van der Waals surface area contributed by atoms with Crippen molar-refractivity contribution in [3.63, 3.8) is 0 Å². The third-order valence-electron chi connectivity index (χ3n) is 2.12. The lowest BCUT2D eigenvalue weighted by atomic mass is 10.3. The third kappa shape index (κ3) is 2.51. The summed E-state index contributed by atoms with van der Waals surface area (Å²) in [5, 5.41) is 3.22. The van der Waals surface area contributed by atoms with Crippen molar-refractivity contribution in [3.8, 4) is 0 Å². The molecule has 8 heteroatoms. The highest BCUT2D eigenvalue weighted by molar-refractivity contribution is 7.90.